The van der Waals surface area contributed by atoms with Gasteiger partial charge in [-0.3, -0.25) is 10.1 Å². The number of nitrogens with one attached hydrogen (secondary N) is 2. The van der Waals surface area contributed by atoms with Crippen LogP contribution in [0.15, 0.2) is 42.5 Å². The maximum atomic E-state index is 10.8. The Bertz CT molecular complexity index is 640. The van der Waals surface area contributed by atoms with Crippen molar-refractivity contribution in [3.8, 4) is 6.07 Å². The molecule has 0 aromatic heterocycles. The first kappa shape index (κ1) is 14.0. The fourth-order valence-electron chi connectivity index (χ4n) is 2.18. The lowest BCUT2D eigenvalue weighted by molar-refractivity contribution is -0.118. The van der Waals surface area contributed by atoms with Crippen molar-refractivity contribution >= 4 is 16.7 Å². The molecule has 0 saturated carbocycles. The van der Waals surface area contributed by atoms with Crippen molar-refractivity contribution in [1.82, 2.24) is 10.6 Å². The second kappa shape index (κ2) is 6.69. The third-order valence-corrected chi connectivity index (χ3v) is 3.11. The van der Waals surface area contributed by atoms with Crippen LogP contribution >= 0.6 is 0 Å². The molecule has 1 unspecified atom stereocenters. The molecular weight excluding hydrogens is 250 g/mol. The molecule has 0 aliphatic heterocycles. The Morgan fingerprint density at radius 1 is 1.20 bits per heavy atom. The van der Waals surface area contributed by atoms with Gasteiger partial charge in [0.2, 0.25) is 5.91 Å². The Balaban J connectivity index is 2.14. The van der Waals surface area contributed by atoms with E-state index in [4.69, 9.17) is 0 Å². The number of carbonyl (C=O) groups excluding carboxylic acids is 1. The van der Waals surface area contributed by atoms with Crippen LogP contribution in [0.5, 0.6) is 0 Å². The van der Waals surface area contributed by atoms with Crippen molar-refractivity contribution in [2.75, 3.05) is 13.1 Å². The van der Waals surface area contributed by atoms with Crippen LogP contribution in [0.2, 0.25) is 0 Å². The summed E-state index contributed by atoms with van der Waals surface area (Å²) in [6.45, 7) is 2.55. The van der Waals surface area contributed by atoms with Crippen LogP contribution in [0.4, 0.5) is 0 Å². The van der Waals surface area contributed by atoms with Gasteiger partial charge < -0.3 is 5.32 Å². The zero-order valence-corrected chi connectivity index (χ0v) is 11.4. The second-order valence-corrected chi connectivity index (χ2v) is 4.57. The average Bonchev–Trinajstić information content (AvgIpc) is 2.47. The smallest absolute Gasteiger partial charge is 0.216 e. The summed E-state index contributed by atoms with van der Waals surface area (Å²) < 4.78 is 0. The Labute approximate surface area is 118 Å². The summed E-state index contributed by atoms with van der Waals surface area (Å²) in [4.78, 5) is 10.8. The normalized spacial score (nSPS) is 11.8. The molecule has 0 bridgehead atoms. The summed E-state index contributed by atoms with van der Waals surface area (Å²) in [6, 6.07) is 15.8. The second-order valence-electron chi connectivity index (χ2n) is 4.57. The lowest BCUT2D eigenvalue weighted by atomic mass is 9.99. The first-order valence-electron chi connectivity index (χ1n) is 6.57. The first-order chi connectivity index (χ1) is 9.72. The molecule has 0 fully saturated rings. The van der Waals surface area contributed by atoms with E-state index in [0.717, 1.165) is 16.3 Å². The van der Waals surface area contributed by atoms with E-state index in [-0.39, 0.29) is 11.9 Å². The van der Waals surface area contributed by atoms with Gasteiger partial charge in [-0.25, -0.2) is 0 Å². The molecule has 20 heavy (non-hydrogen) atoms. The molecule has 2 N–H and O–H groups in total. The van der Waals surface area contributed by atoms with Crippen molar-refractivity contribution < 1.29 is 4.79 Å². The zero-order chi connectivity index (χ0) is 14.4. The number of hydrogen-bond donors (Lipinski definition) is 2. The Morgan fingerprint density at radius 3 is 2.70 bits per heavy atom. The van der Waals surface area contributed by atoms with E-state index in [1.54, 1.807) is 0 Å². The van der Waals surface area contributed by atoms with Gasteiger partial charge in [0.1, 0.15) is 6.04 Å². The van der Waals surface area contributed by atoms with Crippen LogP contribution in [-0.4, -0.2) is 19.0 Å². The van der Waals surface area contributed by atoms with E-state index in [0.29, 0.717) is 13.1 Å². The summed E-state index contributed by atoms with van der Waals surface area (Å²) in [5.41, 5.74) is 0.966. The third kappa shape index (κ3) is 3.34. The molecule has 0 radical (unpaired) electrons. The number of nitrogens with zero attached hydrogens (tertiary/aromatic N) is 1. The Kier molecular flexibility index (Phi) is 4.70. The van der Waals surface area contributed by atoms with E-state index in [2.05, 4.69) is 16.7 Å². The minimum absolute atomic E-state index is 0.0644. The third-order valence-electron chi connectivity index (χ3n) is 3.11. The summed E-state index contributed by atoms with van der Waals surface area (Å²) in [7, 11) is 0. The highest BCUT2D eigenvalue weighted by Gasteiger charge is 2.12. The number of rotatable bonds is 5. The molecule has 0 spiro atoms. The highest BCUT2D eigenvalue weighted by molar-refractivity contribution is 5.86. The summed E-state index contributed by atoms with van der Waals surface area (Å²) in [6.07, 6.45) is 0. The fraction of sp³-hybridized carbons (Fsp3) is 0.250. The highest BCUT2D eigenvalue weighted by atomic mass is 16.1. The van der Waals surface area contributed by atoms with Gasteiger partial charge in [0.25, 0.3) is 0 Å². The van der Waals surface area contributed by atoms with E-state index < -0.39 is 0 Å². The van der Waals surface area contributed by atoms with Gasteiger partial charge in [-0.15, -0.1) is 0 Å². The molecule has 2 aromatic rings. The van der Waals surface area contributed by atoms with E-state index in [1.165, 1.54) is 6.92 Å². The number of benzene rings is 2. The summed E-state index contributed by atoms with van der Waals surface area (Å²) >= 11 is 0. The van der Waals surface area contributed by atoms with Crippen molar-refractivity contribution in [3.05, 3.63) is 48.0 Å². The summed E-state index contributed by atoms with van der Waals surface area (Å²) in [5, 5.41) is 17.4. The molecule has 102 valence electrons. The molecule has 0 heterocycles. The number of hydrogen-bond acceptors (Lipinski definition) is 3. The predicted octanol–water partition coefficient (Wildman–Crippen LogP) is 2.13. The van der Waals surface area contributed by atoms with Crippen LogP contribution < -0.4 is 10.6 Å². The quantitative estimate of drug-likeness (QED) is 0.816. The number of nitriles is 1. The zero-order valence-electron chi connectivity index (χ0n) is 11.4. The summed E-state index contributed by atoms with van der Waals surface area (Å²) in [5.74, 6) is -0.0644. The topological polar surface area (TPSA) is 64.9 Å². The monoisotopic (exact) mass is 267 g/mol. The molecule has 1 atom stereocenters. The standard InChI is InChI=1S/C16H17N3O/c1-12(20)18-9-10-19-16(11-17)15-8-4-6-13-5-2-3-7-14(13)15/h2-8,16,19H,9-10H2,1H3,(H,18,20). The van der Waals surface area contributed by atoms with Crippen molar-refractivity contribution in [3.63, 3.8) is 0 Å². The van der Waals surface area contributed by atoms with Crippen molar-refractivity contribution in [2.24, 2.45) is 0 Å². The lowest BCUT2D eigenvalue weighted by Gasteiger charge is -2.14. The molecular formula is C16H17N3O. The number of carbonyl (C=O) groups is 1. The van der Waals surface area contributed by atoms with Gasteiger partial charge >= 0.3 is 0 Å². The van der Waals surface area contributed by atoms with E-state index in [9.17, 15) is 10.1 Å². The minimum atomic E-state index is -0.380. The first-order valence-corrected chi connectivity index (χ1v) is 6.57. The van der Waals surface area contributed by atoms with Gasteiger partial charge in [0.05, 0.1) is 6.07 Å². The molecule has 0 aliphatic carbocycles. The van der Waals surface area contributed by atoms with Gasteiger partial charge in [-0.2, -0.15) is 5.26 Å². The molecule has 4 nitrogen and oxygen atoms in total. The van der Waals surface area contributed by atoms with Crippen molar-refractivity contribution in [1.29, 1.82) is 5.26 Å². The fourth-order valence-corrected chi connectivity index (χ4v) is 2.18. The minimum Gasteiger partial charge on any atom is -0.355 e. The van der Waals surface area contributed by atoms with Crippen LogP contribution in [-0.2, 0) is 4.79 Å². The van der Waals surface area contributed by atoms with E-state index in [1.807, 2.05) is 42.5 Å². The Hall–Kier alpha value is -2.38. The number of fused-ring (bicyclic) bond motifs is 1. The Morgan fingerprint density at radius 2 is 1.95 bits per heavy atom. The van der Waals surface area contributed by atoms with Crippen molar-refractivity contribution in [2.45, 2.75) is 13.0 Å². The predicted molar refractivity (Wildman–Crippen MR) is 79.0 cm³/mol. The van der Waals surface area contributed by atoms with Gasteiger partial charge in [-0.1, -0.05) is 42.5 Å². The molecule has 1 amide bonds. The highest BCUT2D eigenvalue weighted by Crippen LogP contribution is 2.23. The largest absolute Gasteiger partial charge is 0.355 e. The van der Waals surface area contributed by atoms with Gasteiger partial charge in [-0.05, 0) is 16.3 Å². The van der Waals surface area contributed by atoms with Crippen LogP contribution in [0.25, 0.3) is 10.8 Å². The molecule has 4 heteroatoms. The van der Waals surface area contributed by atoms with Crippen LogP contribution in [0.3, 0.4) is 0 Å². The maximum Gasteiger partial charge on any atom is 0.216 e. The molecule has 0 aliphatic rings. The van der Waals surface area contributed by atoms with Crippen LogP contribution in [0, 0.1) is 11.3 Å². The van der Waals surface area contributed by atoms with E-state index >= 15 is 0 Å². The molecule has 2 rings (SSSR count). The van der Waals surface area contributed by atoms with Gasteiger partial charge in [0.15, 0.2) is 0 Å². The maximum absolute atomic E-state index is 10.8. The van der Waals surface area contributed by atoms with Crippen LogP contribution in [0.1, 0.15) is 18.5 Å². The van der Waals surface area contributed by atoms with Gasteiger partial charge in [0, 0.05) is 20.0 Å². The number of amides is 1. The SMILES string of the molecule is CC(=O)NCCNC(C#N)c1cccc2ccccc12. The molecule has 0 saturated heterocycles. The average molecular weight is 267 g/mol. The molecule has 2 aromatic carbocycles. The lowest BCUT2D eigenvalue weighted by Crippen LogP contribution is -2.32.